The van der Waals surface area contributed by atoms with E-state index in [1.807, 2.05) is 31.3 Å². The number of aryl methyl sites for hydroxylation is 3. The zero-order valence-corrected chi connectivity index (χ0v) is 37.8. The SMILES string of the molecule is CCOC(=O)CCc1cccc(C2(C)CCCCC(C)(C)c3cnn(c3)Cc3c(c(F)cc4c3ccn4S(=O)(=O)c3ccc(C)cc3)S(=O)c3ccc(F)c(c3)-c3nc2nn3C)c1. The number of hydrogen-bond acceptors (Lipinski definition) is 8. The summed E-state index contributed by atoms with van der Waals surface area (Å²) in [4.78, 5) is 17.2. The lowest BCUT2D eigenvalue weighted by molar-refractivity contribution is -0.143. The average molecular weight is 893 g/mol. The number of halogens is 2. The number of ether oxygens (including phenoxy) is 1. The van der Waals surface area contributed by atoms with Crippen LogP contribution in [0.15, 0.2) is 112 Å². The van der Waals surface area contributed by atoms with Crippen molar-refractivity contribution in [3.05, 3.63) is 143 Å². The van der Waals surface area contributed by atoms with Crippen LogP contribution < -0.4 is 0 Å². The zero-order valence-electron chi connectivity index (χ0n) is 36.2. The Balaban J connectivity index is 1.27. The Morgan fingerprint density at radius 3 is 2.46 bits per heavy atom. The highest BCUT2D eigenvalue weighted by Crippen LogP contribution is 2.40. The molecule has 63 heavy (non-hydrogen) atoms. The molecule has 3 aromatic heterocycles. The molecule has 1 aliphatic rings. The number of carbonyl (C=O) groups is 1. The molecule has 0 saturated heterocycles. The van der Waals surface area contributed by atoms with Crippen molar-refractivity contribution in [2.45, 2.75) is 105 Å². The van der Waals surface area contributed by atoms with Crippen molar-refractivity contribution < 1.29 is 30.9 Å². The van der Waals surface area contributed by atoms with Crippen LogP contribution in [0.25, 0.3) is 22.3 Å². The predicted molar refractivity (Wildman–Crippen MR) is 237 cm³/mol. The number of fused-ring (bicyclic) bond motifs is 10. The summed E-state index contributed by atoms with van der Waals surface area (Å²) in [6, 6.07) is 21.1. The molecule has 4 heterocycles. The molecule has 0 aliphatic carbocycles. The van der Waals surface area contributed by atoms with E-state index in [2.05, 4.69) is 31.9 Å². The van der Waals surface area contributed by atoms with Gasteiger partial charge in [-0.25, -0.2) is 35.0 Å². The van der Waals surface area contributed by atoms with Gasteiger partial charge in [0.2, 0.25) is 0 Å². The maximum absolute atomic E-state index is 16.9. The second kappa shape index (κ2) is 17.1. The van der Waals surface area contributed by atoms with Crippen molar-refractivity contribution >= 4 is 37.7 Å². The second-order valence-corrected chi connectivity index (χ2v) is 20.4. The predicted octanol–water partition coefficient (Wildman–Crippen LogP) is 9.33. The van der Waals surface area contributed by atoms with E-state index in [0.717, 1.165) is 51.6 Å². The number of benzene rings is 4. The monoisotopic (exact) mass is 892 g/mol. The van der Waals surface area contributed by atoms with Crippen molar-refractivity contribution in [1.82, 2.24) is 28.5 Å². The lowest BCUT2D eigenvalue weighted by Gasteiger charge is -2.29. The lowest BCUT2D eigenvalue weighted by atomic mass is 9.75. The highest BCUT2D eigenvalue weighted by Gasteiger charge is 2.35. The molecule has 7 aromatic rings. The highest BCUT2D eigenvalue weighted by atomic mass is 32.2. The Hall–Kier alpha value is -5.80. The number of hydrogen-bond donors (Lipinski definition) is 0. The van der Waals surface area contributed by atoms with Gasteiger partial charge in [-0.1, -0.05) is 68.7 Å². The third kappa shape index (κ3) is 8.40. The molecule has 1 aliphatic heterocycles. The molecule has 2 unspecified atom stereocenters. The standard InChI is InChI=1S/C48H50F2N6O5S2/c1-7-61-43(57)20-15-32-11-10-12-33(25-32)48(5)23-9-8-22-47(3,4)34-28-51-55(29-34)30-39-37-21-24-56(63(59,60)36-17-13-31(2)14-18-36)42(37)27-41(50)44(39)62(58)35-16-19-40(49)38(26-35)45-52-46(48)53-54(45)6/h10-14,16-19,21,24-29H,7-9,15,20,22-23,30H2,1-6H3. The van der Waals surface area contributed by atoms with E-state index in [9.17, 15) is 17.4 Å². The van der Waals surface area contributed by atoms with Crippen LogP contribution in [0.2, 0.25) is 0 Å². The van der Waals surface area contributed by atoms with Crippen LogP contribution in [0.5, 0.6) is 0 Å². The Morgan fingerprint density at radius 2 is 1.70 bits per heavy atom. The summed E-state index contributed by atoms with van der Waals surface area (Å²) in [7, 11) is -4.71. The molecule has 4 aromatic carbocycles. The summed E-state index contributed by atoms with van der Waals surface area (Å²) in [5.74, 6) is -1.12. The Morgan fingerprint density at radius 1 is 0.937 bits per heavy atom. The Kier molecular flexibility index (Phi) is 11.9. The van der Waals surface area contributed by atoms with Crippen molar-refractivity contribution in [1.29, 1.82) is 0 Å². The van der Waals surface area contributed by atoms with E-state index in [1.54, 1.807) is 43.0 Å². The van der Waals surface area contributed by atoms with Crippen LogP contribution in [0, 0.1) is 18.6 Å². The number of nitrogens with zero attached hydrogens (tertiary/aromatic N) is 6. The average Bonchev–Trinajstić information content (AvgIpc) is 4.01. The van der Waals surface area contributed by atoms with Gasteiger partial charge >= 0.3 is 5.97 Å². The summed E-state index contributed by atoms with van der Waals surface area (Å²) in [5, 5.41) is 9.96. The molecule has 6 bridgehead atoms. The van der Waals surface area contributed by atoms with Crippen LogP contribution in [0.3, 0.4) is 0 Å². The first-order valence-corrected chi connectivity index (χ1v) is 23.6. The number of aromatic nitrogens is 6. The van der Waals surface area contributed by atoms with Crippen LogP contribution >= 0.6 is 0 Å². The molecule has 0 N–H and O–H groups in total. The van der Waals surface area contributed by atoms with Crippen LogP contribution in [-0.4, -0.2) is 53.7 Å². The maximum Gasteiger partial charge on any atom is 0.306 e. The van der Waals surface area contributed by atoms with Crippen molar-refractivity contribution in [2.75, 3.05) is 6.61 Å². The molecule has 0 spiro atoms. The minimum atomic E-state index is -4.15. The molecule has 0 fully saturated rings. The summed E-state index contributed by atoms with van der Waals surface area (Å²) >= 11 is 0. The van der Waals surface area contributed by atoms with Crippen molar-refractivity contribution in [2.24, 2.45) is 7.05 Å². The first-order valence-electron chi connectivity index (χ1n) is 21.1. The first-order chi connectivity index (χ1) is 30.0. The Bertz CT molecular complexity index is 3010. The number of esters is 1. The number of rotatable bonds is 7. The van der Waals surface area contributed by atoms with Gasteiger partial charge in [0.15, 0.2) is 11.6 Å². The molecule has 15 heteroatoms. The summed E-state index contributed by atoms with van der Waals surface area (Å²) in [6.07, 6.45) is 8.89. The zero-order chi connectivity index (χ0) is 44.8. The van der Waals surface area contributed by atoms with Crippen molar-refractivity contribution in [3.63, 3.8) is 0 Å². The van der Waals surface area contributed by atoms with Crippen LogP contribution in [0.1, 0.15) is 93.4 Å². The fourth-order valence-electron chi connectivity index (χ4n) is 8.51. The molecule has 11 nitrogen and oxygen atoms in total. The van der Waals surface area contributed by atoms with E-state index in [4.69, 9.17) is 14.8 Å². The largest absolute Gasteiger partial charge is 0.466 e. The van der Waals surface area contributed by atoms with E-state index < -0.39 is 37.9 Å². The lowest BCUT2D eigenvalue weighted by Crippen LogP contribution is -2.26. The molecule has 0 amide bonds. The molecular weight excluding hydrogens is 843 g/mol. The molecule has 2 atom stereocenters. The highest BCUT2D eigenvalue weighted by molar-refractivity contribution is 7.90. The van der Waals surface area contributed by atoms with E-state index in [-0.39, 0.29) is 61.5 Å². The van der Waals surface area contributed by atoms with E-state index >= 15 is 8.78 Å². The van der Waals surface area contributed by atoms with E-state index in [0.29, 0.717) is 30.7 Å². The smallest absolute Gasteiger partial charge is 0.306 e. The third-order valence-corrected chi connectivity index (χ3v) is 15.5. The van der Waals surface area contributed by atoms with Gasteiger partial charge in [-0.2, -0.15) is 10.2 Å². The van der Waals surface area contributed by atoms with Gasteiger partial charge in [0.1, 0.15) is 11.6 Å². The van der Waals surface area contributed by atoms with Gasteiger partial charge in [-0.05, 0) is 98.5 Å². The molecule has 0 saturated carbocycles. The van der Waals surface area contributed by atoms with Gasteiger partial charge in [0, 0.05) is 47.8 Å². The van der Waals surface area contributed by atoms with Gasteiger partial charge in [-0.15, -0.1) is 0 Å². The third-order valence-electron chi connectivity index (χ3n) is 12.3. The summed E-state index contributed by atoms with van der Waals surface area (Å²) in [5.41, 5.74) is 3.06. The summed E-state index contributed by atoms with van der Waals surface area (Å²) in [6.45, 7) is 10.3. The quantitative estimate of drug-likeness (QED) is 0.145. The first kappa shape index (κ1) is 43.8. The van der Waals surface area contributed by atoms with Gasteiger partial charge < -0.3 is 4.74 Å². The molecule has 0 radical (unpaired) electrons. The van der Waals surface area contributed by atoms with Crippen LogP contribution in [-0.2, 0) is 61.2 Å². The maximum atomic E-state index is 16.9. The van der Waals surface area contributed by atoms with E-state index in [1.165, 1.54) is 41.2 Å². The van der Waals surface area contributed by atoms with Crippen molar-refractivity contribution in [3.8, 4) is 11.4 Å². The normalized spacial score (nSPS) is 18.0. The summed E-state index contributed by atoms with van der Waals surface area (Å²) < 4.78 is 85.1. The van der Waals surface area contributed by atoms with Gasteiger partial charge in [-0.3, -0.25) is 9.48 Å². The topological polar surface area (TPSA) is 131 Å². The number of carbonyl (C=O) groups excluding carboxylic acids is 1. The fourth-order valence-corrected chi connectivity index (χ4v) is 11.1. The molecule has 8 rings (SSSR count). The minimum absolute atomic E-state index is 0.0299. The Labute approximate surface area is 368 Å². The minimum Gasteiger partial charge on any atom is -0.466 e. The fraction of sp³-hybridized carbons (Fsp3) is 0.333. The van der Waals surface area contributed by atoms with Crippen LogP contribution in [0.4, 0.5) is 8.78 Å². The van der Waals surface area contributed by atoms with Gasteiger partial charge in [0.25, 0.3) is 10.0 Å². The molecular formula is C48H50F2N6O5S2. The van der Waals surface area contributed by atoms with Gasteiger partial charge in [0.05, 0.1) is 56.4 Å². The second-order valence-electron chi connectivity index (χ2n) is 17.2. The molecule has 328 valence electrons.